The molecule has 0 bridgehead atoms. The van der Waals surface area contributed by atoms with Crippen LogP contribution in [-0.2, 0) is 14.3 Å². The third-order valence-electron chi connectivity index (χ3n) is 2.94. The van der Waals surface area contributed by atoms with Crippen molar-refractivity contribution in [2.75, 3.05) is 18.6 Å². The molecular formula is C12H10Cl2FNO3. The Kier molecular flexibility index (Phi) is 3.96. The van der Waals surface area contributed by atoms with Crippen molar-refractivity contribution in [3.05, 3.63) is 28.0 Å². The van der Waals surface area contributed by atoms with Crippen molar-refractivity contribution in [3.8, 4) is 0 Å². The van der Waals surface area contributed by atoms with Crippen molar-refractivity contribution in [2.24, 2.45) is 5.92 Å². The molecule has 2 rings (SSSR count). The van der Waals surface area contributed by atoms with E-state index >= 15 is 0 Å². The molecule has 1 atom stereocenters. The second-order valence-electron chi connectivity index (χ2n) is 4.15. The van der Waals surface area contributed by atoms with Gasteiger partial charge in [0, 0.05) is 19.0 Å². The molecule has 0 N–H and O–H groups in total. The van der Waals surface area contributed by atoms with Gasteiger partial charge in [0.15, 0.2) is 0 Å². The lowest BCUT2D eigenvalue weighted by atomic mass is 10.1. The van der Waals surface area contributed by atoms with Crippen LogP contribution in [0, 0.1) is 11.7 Å². The maximum Gasteiger partial charge on any atom is 0.311 e. The summed E-state index contributed by atoms with van der Waals surface area (Å²) in [6.45, 7) is 0.117. The number of carbonyl (C=O) groups excluding carboxylic acids is 2. The van der Waals surface area contributed by atoms with E-state index in [0.717, 1.165) is 6.07 Å². The van der Waals surface area contributed by atoms with E-state index in [0.29, 0.717) is 0 Å². The van der Waals surface area contributed by atoms with Crippen LogP contribution >= 0.6 is 23.2 Å². The van der Waals surface area contributed by atoms with Gasteiger partial charge in [-0.05, 0) is 6.07 Å². The van der Waals surface area contributed by atoms with Crippen molar-refractivity contribution in [3.63, 3.8) is 0 Å². The molecule has 102 valence electrons. The van der Waals surface area contributed by atoms with Crippen molar-refractivity contribution >= 4 is 40.8 Å². The van der Waals surface area contributed by atoms with E-state index in [1.807, 2.05) is 0 Å². The summed E-state index contributed by atoms with van der Waals surface area (Å²) in [5.74, 6) is -2.01. The van der Waals surface area contributed by atoms with Crippen molar-refractivity contribution in [1.82, 2.24) is 0 Å². The smallest absolute Gasteiger partial charge is 0.311 e. The van der Waals surface area contributed by atoms with Crippen LogP contribution in [0.25, 0.3) is 0 Å². The highest BCUT2D eigenvalue weighted by atomic mass is 35.5. The van der Waals surface area contributed by atoms with E-state index in [1.165, 1.54) is 18.1 Å². The maximum absolute atomic E-state index is 13.4. The summed E-state index contributed by atoms with van der Waals surface area (Å²) in [6, 6.07) is 2.31. The van der Waals surface area contributed by atoms with Crippen LogP contribution in [-0.4, -0.2) is 25.5 Å². The van der Waals surface area contributed by atoms with Crippen LogP contribution in [0.4, 0.5) is 10.1 Å². The van der Waals surface area contributed by atoms with E-state index in [4.69, 9.17) is 23.2 Å². The van der Waals surface area contributed by atoms with Gasteiger partial charge in [0.05, 0.1) is 28.8 Å². The second kappa shape index (κ2) is 5.35. The molecule has 19 heavy (non-hydrogen) atoms. The second-order valence-corrected chi connectivity index (χ2v) is 4.96. The molecule has 0 radical (unpaired) electrons. The Morgan fingerprint density at radius 2 is 2.11 bits per heavy atom. The number of anilines is 1. The standard InChI is InChI=1S/C12H10Cl2FNO3/c1-19-12(18)6-2-11(17)16(5-6)10-4-9(15)7(13)3-8(10)14/h3-4,6H,2,5H2,1H3. The van der Waals surface area contributed by atoms with Crippen molar-refractivity contribution < 1.29 is 18.7 Å². The number of methoxy groups -OCH3 is 1. The average Bonchev–Trinajstić information content (AvgIpc) is 2.75. The van der Waals surface area contributed by atoms with Gasteiger partial charge in [-0.15, -0.1) is 0 Å². The zero-order chi connectivity index (χ0) is 14.2. The predicted octanol–water partition coefficient (Wildman–Crippen LogP) is 2.66. The maximum atomic E-state index is 13.4. The quantitative estimate of drug-likeness (QED) is 0.623. The fourth-order valence-electron chi connectivity index (χ4n) is 1.98. The number of ether oxygens (including phenoxy) is 1. The predicted molar refractivity (Wildman–Crippen MR) is 68.9 cm³/mol. The van der Waals surface area contributed by atoms with Crippen LogP contribution in [0.1, 0.15) is 6.42 Å². The minimum atomic E-state index is -0.671. The summed E-state index contributed by atoms with van der Waals surface area (Å²) in [4.78, 5) is 24.5. The summed E-state index contributed by atoms with van der Waals surface area (Å²) in [7, 11) is 1.25. The first-order valence-corrected chi connectivity index (χ1v) is 6.22. The molecule has 1 fully saturated rings. The number of esters is 1. The van der Waals surface area contributed by atoms with Gasteiger partial charge in [-0.25, -0.2) is 4.39 Å². The van der Waals surface area contributed by atoms with Crippen LogP contribution in [0.2, 0.25) is 10.0 Å². The van der Waals surface area contributed by atoms with Gasteiger partial charge in [0.2, 0.25) is 5.91 Å². The zero-order valence-corrected chi connectivity index (χ0v) is 11.5. The van der Waals surface area contributed by atoms with Crippen molar-refractivity contribution in [1.29, 1.82) is 0 Å². The molecule has 1 amide bonds. The highest BCUT2D eigenvalue weighted by Gasteiger charge is 2.36. The Balaban J connectivity index is 2.30. The number of hydrogen-bond donors (Lipinski definition) is 0. The van der Waals surface area contributed by atoms with Gasteiger partial charge in [-0.1, -0.05) is 23.2 Å². The largest absolute Gasteiger partial charge is 0.469 e. The topological polar surface area (TPSA) is 46.6 Å². The molecule has 4 nitrogen and oxygen atoms in total. The Morgan fingerprint density at radius 1 is 1.42 bits per heavy atom. The molecule has 1 aliphatic rings. The monoisotopic (exact) mass is 305 g/mol. The molecular weight excluding hydrogens is 296 g/mol. The SMILES string of the molecule is COC(=O)C1CC(=O)N(c2cc(F)c(Cl)cc2Cl)C1. The third kappa shape index (κ3) is 2.67. The third-order valence-corrected chi connectivity index (χ3v) is 3.53. The Bertz CT molecular complexity index is 550. The number of carbonyl (C=O) groups is 2. The van der Waals surface area contributed by atoms with Crippen LogP contribution in [0.3, 0.4) is 0 Å². The van der Waals surface area contributed by atoms with Gasteiger partial charge < -0.3 is 9.64 Å². The minimum absolute atomic E-state index is 0.0211. The van der Waals surface area contributed by atoms with E-state index in [1.54, 1.807) is 0 Å². The summed E-state index contributed by atoms with van der Waals surface area (Å²) in [5, 5.41) is 0.0372. The summed E-state index contributed by atoms with van der Waals surface area (Å²) in [6.07, 6.45) is 0.0211. The van der Waals surface area contributed by atoms with Gasteiger partial charge in [-0.3, -0.25) is 9.59 Å². The first-order valence-electron chi connectivity index (χ1n) is 5.46. The van der Waals surface area contributed by atoms with Gasteiger partial charge >= 0.3 is 5.97 Å². The first kappa shape index (κ1) is 14.1. The van der Waals surface area contributed by atoms with E-state index in [9.17, 15) is 14.0 Å². The van der Waals surface area contributed by atoms with Crippen molar-refractivity contribution in [2.45, 2.75) is 6.42 Å². The van der Waals surface area contributed by atoms with E-state index in [2.05, 4.69) is 4.74 Å². The van der Waals surface area contributed by atoms with Crippen LogP contribution in [0.15, 0.2) is 12.1 Å². The van der Waals surface area contributed by atoms with Gasteiger partial charge in [-0.2, -0.15) is 0 Å². The Hall–Kier alpha value is -1.33. The number of benzene rings is 1. The molecule has 1 aromatic carbocycles. The van der Waals surface area contributed by atoms with Crippen LogP contribution < -0.4 is 4.90 Å². The van der Waals surface area contributed by atoms with Gasteiger partial charge in [0.25, 0.3) is 0 Å². The summed E-state index contributed by atoms with van der Waals surface area (Å²) >= 11 is 11.5. The fraction of sp³-hybridized carbons (Fsp3) is 0.333. The number of halogens is 3. The number of hydrogen-bond acceptors (Lipinski definition) is 3. The minimum Gasteiger partial charge on any atom is -0.469 e. The molecule has 0 saturated carbocycles. The van der Waals surface area contributed by atoms with E-state index in [-0.39, 0.29) is 34.6 Å². The van der Waals surface area contributed by atoms with E-state index < -0.39 is 17.7 Å². The summed E-state index contributed by atoms with van der Waals surface area (Å²) < 4.78 is 18.0. The lowest BCUT2D eigenvalue weighted by molar-refractivity contribution is -0.145. The molecule has 0 spiro atoms. The van der Waals surface area contributed by atoms with Gasteiger partial charge in [0.1, 0.15) is 5.82 Å². The van der Waals surface area contributed by atoms with Crippen LogP contribution in [0.5, 0.6) is 0 Å². The molecule has 0 aliphatic carbocycles. The highest BCUT2D eigenvalue weighted by Crippen LogP contribution is 2.34. The number of amides is 1. The highest BCUT2D eigenvalue weighted by molar-refractivity contribution is 6.37. The number of nitrogens with zero attached hydrogens (tertiary/aromatic N) is 1. The Morgan fingerprint density at radius 3 is 2.74 bits per heavy atom. The summed E-state index contributed by atoms with van der Waals surface area (Å²) in [5.41, 5.74) is 0.208. The average molecular weight is 306 g/mol. The molecule has 7 heteroatoms. The molecule has 1 aromatic rings. The molecule has 1 saturated heterocycles. The molecule has 1 aliphatic heterocycles. The fourth-order valence-corrected chi connectivity index (χ4v) is 2.47. The Labute approximate surface area is 119 Å². The normalized spacial score (nSPS) is 18.8. The number of rotatable bonds is 2. The lowest BCUT2D eigenvalue weighted by Gasteiger charge is -2.18. The zero-order valence-electron chi connectivity index (χ0n) is 9.95. The molecule has 1 unspecified atom stereocenters. The lowest BCUT2D eigenvalue weighted by Crippen LogP contribution is -2.26. The molecule has 0 aromatic heterocycles. The molecule has 1 heterocycles. The first-order chi connectivity index (χ1) is 8.93.